The zero-order chi connectivity index (χ0) is 22.3. The van der Waals surface area contributed by atoms with Crippen LogP contribution in [0.1, 0.15) is 36.0 Å². The number of benzene rings is 3. The van der Waals surface area contributed by atoms with Crippen LogP contribution in [0.4, 0.5) is 4.39 Å². The summed E-state index contributed by atoms with van der Waals surface area (Å²) in [5.41, 5.74) is 2.62. The molecule has 1 fully saturated rings. The van der Waals surface area contributed by atoms with E-state index in [0.717, 1.165) is 36.1 Å². The minimum Gasteiger partial charge on any atom is -0.497 e. The fraction of sp³-hybridized carbons (Fsp3) is 0.296. The van der Waals surface area contributed by atoms with Gasteiger partial charge in [-0.05, 0) is 79.3 Å². The summed E-state index contributed by atoms with van der Waals surface area (Å²) in [5.74, 6) is 1.20. The Bertz CT molecular complexity index is 1030. The third kappa shape index (κ3) is 5.10. The molecule has 0 unspecified atom stereocenters. The van der Waals surface area contributed by atoms with Gasteiger partial charge < -0.3 is 14.4 Å². The topological polar surface area (TPSA) is 38.8 Å². The van der Waals surface area contributed by atoms with Gasteiger partial charge in [-0.3, -0.25) is 4.79 Å². The second-order valence-corrected chi connectivity index (χ2v) is 8.01. The monoisotopic (exact) mass is 433 g/mol. The quantitative estimate of drug-likeness (QED) is 0.391. The van der Waals surface area contributed by atoms with Gasteiger partial charge >= 0.3 is 0 Å². The number of ether oxygens (including phenoxy) is 2. The minimum atomic E-state index is -0.283. The fourth-order valence-electron chi connectivity index (χ4n) is 3.95. The van der Waals surface area contributed by atoms with Crippen molar-refractivity contribution in [1.82, 2.24) is 4.90 Å². The van der Waals surface area contributed by atoms with Gasteiger partial charge in [-0.1, -0.05) is 30.3 Å². The van der Waals surface area contributed by atoms with Gasteiger partial charge in [-0.25, -0.2) is 4.39 Å². The number of methoxy groups -OCH3 is 1. The summed E-state index contributed by atoms with van der Waals surface area (Å²) in [6.45, 7) is 1.10. The number of carbonyl (C=O) groups is 1. The molecule has 0 radical (unpaired) electrons. The molecule has 0 aliphatic heterocycles. The van der Waals surface area contributed by atoms with Crippen molar-refractivity contribution in [3.63, 3.8) is 0 Å². The third-order valence-electron chi connectivity index (χ3n) is 5.96. The van der Waals surface area contributed by atoms with Crippen LogP contribution in [0.25, 0.3) is 11.1 Å². The number of carbonyl (C=O) groups excluding carboxylic acids is 1. The first-order valence-corrected chi connectivity index (χ1v) is 11.1. The normalized spacial score (nSPS) is 13.3. The molecular weight excluding hydrogens is 405 g/mol. The van der Waals surface area contributed by atoms with E-state index in [-0.39, 0.29) is 17.8 Å². The maximum atomic E-state index is 13.6. The van der Waals surface area contributed by atoms with Crippen molar-refractivity contribution < 1.29 is 18.7 Å². The first-order chi connectivity index (χ1) is 15.7. The van der Waals surface area contributed by atoms with Crippen molar-refractivity contribution >= 4 is 5.91 Å². The molecule has 1 amide bonds. The van der Waals surface area contributed by atoms with Crippen LogP contribution in [-0.2, 0) is 0 Å². The van der Waals surface area contributed by atoms with E-state index in [1.165, 1.54) is 12.1 Å². The molecule has 3 aromatic carbocycles. The van der Waals surface area contributed by atoms with Gasteiger partial charge in [0.15, 0.2) is 0 Å². The summed E-state index contributed by atoms with van der Waals surface area (Å²) in [4.78, 5) is 15.6. The molecule has 0 bridgehead atoms. The lowest BCUT2D eigenvalue weighted by Gasteiger charge is -2.38. The molecule has 32 heavy (non-hydrogen) atoms. The largest absolute Gasteiger partial charge is 0.497 e. The second kappa shape index (κ2) is 10.3. The van der Waals surface area contributed by atoms with Crippen molar-refractivity contribution in [2.24, 2.45) is 0 Å². The van der Waals surface area contributed by atoms with Gasteiger partial charge in [0.25, 0.3) is 5.91 Å². The van der Waals surface area contributed by atoms with E-state index in [2.05, 4.69) is 0 Å². The van der Waals surface area contributed by atoms with Crippen molar-refractivity contribution in [2.45, 2.75) is 31.7 Å². The Kier molecular flexibility index (Phi) is 7.05. The number of halogens is 1. The van der Waals surface area contributed by atoms with Gasteiger partial charge in [0, 0.05) is 18.2 Å². The lowest BCUT2D eigenvalue weighted by Crippen LogP contribution is -2.45. The van der Waals surface area contributed by atoms with E-state index < -0.39 is 0 Å². The van der Waals surface area contributed by atoms with Gasteiger partial charge in [0.2, 0.25) is 0 Å². The standard InChI is InChI=1S/C27H28FNO3/c1-31-23-14-10-20(11-15-23)25-8-2-3-9-26(25)27(30)29(22-6-4-7-22)18-5-19-32-24-16-12-21(28)13-17-24/h2-3,8-17,22H,4-7,18-19H2,1H3. The summed E-state index contributed by atoms with van der Waals surface area (Å²) in [7, 11) is 1.64. The van der Waals surface area contributed by atoms with Crippen LogP contribution in [0.3, 0.4) is 0 Å². The van der Waals surface area contributed by atoms with Gasteiger partial charge in [-0.15, -0.1) is 0 Å². The average molecular weight is 434 g/mol. The van der Waals surface area contributed by atoms with Crippen LogP contribution in [0, 0.1) is 5.82 Å². The van der Waals surface area contributed by atoms with Crippen LogP contribution >= 0.6 is 0 Å². The molecule has 1 aliphatic rings. The van der Waals surface area contributed by atoms with E-state index in [4.69, 9.17) is 9.47 Å². The Morgan fingerprint density at radius 1 is 0.969 bits per heavy atom. The van der Waals surface area contributed by atoms with E-state index >= 15 is 0 Å². The molecule has 166 valence electrons. The lowest BCUT2D eigenvalue weighted by atomic mass is 9.90. The Balaban J connectivity index is 1.46. The zero-order valence-electron chi connectivity index (χ0n) is 18.3. The summed E-state index contributed by atoms with van der Waals surface area (Å²) >= 11 is 0. The highest BCUT2D eigenvalue weighted by atomic mass is 19.1. The minimum absolute atomic E-state index is 0.0582. The zero-order valence-corrected chi connectivity index (χ0v) is 18.3. The highest BCUT2D eigenvalue weighted by molar-refractivity contribution is 6.01. The van der Waals surface area contributed by atoms with Gasteiger partial charge in [-0.2, -0.15) is 0 Å². The maximum absolute atomic E-state index is 13.6. The molecule has 5 heteroatoms. The predicted octanol–water partition coefficient (Wildman–Crippen LogP) is 5.97. The molecule has 1 aliphatic carbocycles. The number of rotatable bonds is 9. The van der Waals surface area contributed by atoms with Crippen LogP contribution in [0.2, 0.25) is 0 Å². The summed E-state index contributed by atoms with van der Waals surface area (Å²) in [6, 6.07) is 21.8. The molecule has 0 heterocycles. The molecule has 0 aromatic heterocycles. The van der Waals surface area contributed by atoms with Gasteiger partial charge in [0.1, 0.15) is 17.3 Å². The fourth-order valence-corrected chi connectivity index (χ4v) is 3.95. The highest BCUT2D eigenvalue weighted by Crippen LogP contribution is 2.31. The lowest BCUT2D eigenvalue weighted by molar-refractivity contribution is 0.0566. The van der Waals surface area contributed by atoms with Crippen molar-refractivity contribution in [1.29, 1.82) is 0 Å². The SMILES string of the molecule is COc1ccc(-c2ccccc2C(=O)N(CCCOc2ccc(F)cc2)C2CCC2)cc1. The Morgan fingerprint density at radius 2 is 1.66 bits per heavy atom. The van der Waals surface area contributed by atoms with Crippen LogP contribution in [-0.4, -0.2) is 37.1 Å². The van der Waals surface area contributed by atoms with Gasteiger partial charge in [0.05, 0.1) is 13.7 Å². The maximum Gasteiger partial charge on any atom is 0.254 e. The number of hydrogen-bond acceptors (Lipinski definition) is 3. The number of hydrogen-bond donors (Lipinski definition) is 0. The van der Waals surface area contributed by atoms with Crippen molar-refractivity contribution in [3.05, 3.63) is 84.2 Å². The predicted molar refractivity (Wildman–Crippen MR) is 124 cm³/mol. The van der Waals surface area contributed by atoms with Crippen LogP contribution in [0.15, 0.2) is 72.8 Å². The first-order valence-electron chi connectivity index (χ1n) is 11.1. The molecule has 1 saturated carbocycles. The molecule has 0 saturated heterocycles. The average Bonchev–Trinajstić information content (AvgIpc) is 2.80. The van der Waals surface area contributed by atoms with E-state index in [1.54, 1.807) is 19.2 Å². The molecular formula is C27H28FNO3. The summed E-state index contributed by atoms with van der Waals surface area (Å²) in [6.07, 6.45) is 3.94. The molecule has 4 nitrogen and oxygen atoms in total. The van der Waals surface area contributed by atoms with Crippen molar-refractivity contribution in [3.8, 4) is 22.6 Å². The Morgan fingerprint density at radius 3 is 2.31 bits per heavy atom. The van der Waals surface area contributed by atoms with E-state index in [9.17, 15) is 9.18 Å². The summed E-state index contributed by atoms with van der Waals surface area (Å²) in [5, 5.41) is 0. The summed E-state index contributed by atoms with van der Waals surface area (Å²) < 4.78 is 24.0. The van der Waals surface area contributed by atoms with E-state index in [0.29, 0.717) is 30.9 Å². The molecule has 0 spiro atoms. The second-order valence-electron chi connectivity index (χ2n) is 8.01. The Hall–Kier alpha value is -3.34. The van der Waals surface area contributed by atoms with Crippen molar-refractivity contribution in [2.75, 3.05) is 20.3 Å². The molecule has 0 atom stereocenters. The number of amides is 1. The number of nitrogens with zero attached hydrogens (tertiary/aromatic N) is 1. The third-order valence-corrected chi connectivity index (χ3v) is 5.96. The smallest absolute Gasteiger partial charge is 0.254 e. The molecule has 4 rings (SSSR count). The Labute approximate surface area is 188 Å². The molecule has 3 aromatic rings. The highest BCUT2D eigenvalue weighted by Gasteiger charge is 2.30. The van der Waals surface area contributed by atoms with Crippen LogP contribution in [0.5, 0.6) is 11.5 Å². The first kappa shape index (κ1) is 21.9. The van der Waals surface area contributed by atoms with E-state index in [1.807, 2.05) is 53.4 Å². The molecule has 0 N–H and O–H groups in total. The van der Waals surface area contributed by atoms with Crippen LogP contribution < -0.4 is 9.47 Å².